The van der Waals surface area contributed by atoms with Gasteiger partial charge < -0.3 is 15.1 Å². The molecule has 1 aliphatic carbocycles. The van der Waals surface area contributed by atoms with E-state index in [0.29, 0.717) is 17.8 Å². The van der Waals surface area contributed by atoms with Gasteiger partial charge in [-0.25, -0.2) is 0 Å². The fourth-order valence-corrected chi connectivity index (χ4v) is 3.60. The summed E-state index contributed by atoms with van der Waals surface area (Å²) in [6, 6.07) is 0.211. The lowest BCUT2D eigenvalue weighted by Gasteiger charge is -2.21. The van der Waals surface area contributed by atoms with Gasteiger partial charge in [0, 0.05) is 45.1 Å². The second-order valence-corrected chi connectivity index (χ2v) is 7.76. The number of aromatic nitrogens is 3. The van der Waals surface area contributed by atoms with E-state index in [4.69, 9.17) is 0 Å². The third kappa shape index (κ3) is 4.19. The van der Waals surface area contributed by atoms with Crippen molar-refractivity contribution in [3.63, 3.8) is 0 Å². The predicted octanol–water partition coefficient (Wildman–Crippen LogP) is 2.26. The molecular weight excluding hydrogens is 316 g/mol. The number of nitrogens with one attached hydrogen (secondary N) is 1. The fraction of sp³-hybridized carbons (Fsp3) is 0.778. The van der Waals surface area contributed by atoms with Crippen LogP contribution in [0, 0.1) is 5.92 Å². The quantitative estimate of drug-likeness (QED) is 0.881. The van der Waals surface area contributed by atoms with Crippen molar-refractivity contribution >= 4 is 17.8 Å². The second kappa shape index (κ2) is 7.54. The largest absolute Gasteiger partial charge is 0.349 e. The molecule has 3 rings (SSSR count). The van der Waals surface area contributed by atoms with Crippen molar-refractivity contribution in [3.8, 4) is 0 Å². The van der Waals surface area contributed by atoms with Crippen LogP contribution in [0.5, 0.6) is 0 Å². The van der Waals surface area contributed by atoms with Crippen molar-refractivity contribution < 1.29 is 4.79 Å². The smallest absolute Gasteiger partial charge is 0.229 e. The van der Waals surface area contributed by atoms with Gasteiger partial charge in [0.15, 0.2) is 0 Å². The molecule has 1 aromatic rings. The van der Waals surface area contributed by atoms with E-state index in [-0.39, 0.29) is 17.9 Å². The Labute approximate surface area is 150 Å². The third-order valence-corrected chi connectivity index (χ3v) is 5.09. The highest BCUT2D eigenvalue weighted by atomic mass is 16.2. The summed E-state index contributed by atoms with van der Waals surface area (Å²) in [5, 5.41) is 3.42. The molecule has 1 unspecified atom stereocenters. The van der Waals surface area contributed by atoms with Gasteiger partial charge in [0.1, 0.15) is 5.82 Å². The molecule has 1 aliphatic heterocycles. The Kier molecular flexibility index (Phi) is 5.39. The number of rotatable bonds is 5. The van der Waals surface area contributed by atoms with Crippen LogP contribution in [-0.2, 0) is 4.79 Å². The van der Waals surface area contributed by atoms with Gasteiger partial charge in [-0.05, 0) is 19.3 Å². The average Bonchev–Trinajstić information content (AvgIpc) is 3.25. The first-order valence-corrected chi connectivity index (χ1v) is 9.42. The van der Waals surface area contributed by atoms with E-state index in [9.17, 15) is 4.79 Å². The van der Waals surface area contributed by atoms with Crippen molar-refractivity contribution in [3.05, 3.63) is 5.82 Å². The zero-order chi connectivity index (χ0) is 18.0. The molecule has 1 saturated heterocycles. The molecule has 0 spiro atoms. The van der Waals surface area contributed by atoms with Gasteiger partial charge in [-0.1, -0.05) is 26.7 Å². The van der Waals surface area contributed by atoms with Gasteiger partial charge >= 0.3 is 0 Å². The summed E-state index contributed by atoms with van der Waals surface area (Å²) in [7, 11) is 3.86. The van der Waals surface area contributed by atoms with Gasteiger partial charge in [-0.2, -0.15) is 15.0 Å². The molecule has 2 aliphatic rings. The maximum Gasteiger partial charge on any atom is 0.229 e. The number of carbonyl (C=O) groups is 1. The number of anilines is 2. The highest BCUT2D eigenvalue weighted by molar-refractivity contribution is 5.79. The minimum Gasteiger partial charge on any atom is -0.349 e. The number of likely N-dealkylation sites (tertiary alicyclic amines) is 1. The van der Waals surface area contributed by atoms with Crippen molar-refractivity contribution in [1.82, 2.24) is 19.9 Å². The summed E-state index contributed by atoms with van der Waals surface area (Å²) in [6.45, 7) is 5.73. The lowest BCUT2D eigenvalue weighted by molar-refractivity contribution is -0.134. The average molecular weight is 346 g/mol. The standard InChI is InChI=1S/C18H30N6O/c1-12(2)15-20-17(22-18(21-15)23(3)4)19-14-9-10-24(11-14)16(25)13-7-5-6-8-13/h12-14H,5-11H2,1-4H3,(H,19,20,21,22). The number of nitrogens with zero attached hydrogens (tertiary/aromatic N) is 5. The monoisotopic (exact) mass is 346 g/mol. The Hall–Kier alpha value is -1.92. The van der Waals surface area contributed by atoms with Gasteiger partial charge in [-0.3, -0.25) is 4.79 Å². The molecule has 0 bridgehead atoms. The summed E-state index contributed by atoms with van der Waals surface area (Å²) in [5.74, 6) is 2.91. The first-order chi connectivity index (χ1) is 11.9. The Bertz CT molecular complexity index is 585. The zero-order valence-electron chi connectivity index (χ0n) is 15.8. The molecule has 25 heavy (non-hydrogen) atoms. The molecule has 1 saturated carbocycles. The molecule has 138 valence electrons. The summed E-state index contributed by atoms with van der Waals surface area (Å²) < 4.78 is 0. The van der Waals surface area contributed by atoms with Crippen LogP contribution >= 0.6 is 0 Å². The van der Waals surface area contributed by atoms with Crippen LogP contribution in [-0.4, -0.2) is 59.0 Å². The van der Waals surface area contributed by atoms with Crippen LogP contribution in [0.4, 0.5) is 11.9 Å². The van der Waals surface area contributed by atoms with Crippen molar-refractivity contribution in [2.75, 3.05) is 37.4 Å². The first-order valence-electron chi connectivity index (χ1n) is 9.42. The van der Waals surface area contributed by atoms with E-state index < -0.39 is 0 Å². The number of hydrogen-bond donors (Lipinski definition) is 1. The molecule has 1 N–H and O–H groups in total. The molecular formula is C18H30N6O. The number of carbonyl (C=O) groups excluding carboxylic acids is 1. The van der Waals surface area contributed by atoms with Gasteiger partial charge in [0.05, 0.1) is 0 Å². The minimum absolute atomic E-state index is 0.211. The highest BCUT2D eigenvalue weighted by Crippen LogP contribution is 2.28. The fourth-order valence-electron chi connectivity index (χ4n) is 3.60. The molecule has 1 aromatic heterocycles. The van der Waals surface area contributed by atoms with E-state index in [1.165, 1.54) is 12.8 Å². The summed E-state index contributed by atoms with van der Waals surface area (Å²) in [4.78, 5) is 30.1. The Balaban J connectivity index is 1.65. The minimum atomic E-state index is 0.211. The molecule has 2 heterocycles. The lowest BCUT2D eigenvalue weighted by atomic mass is 10.1. The van der Waals surface area contributed by atoms with Crippen LogP contribution in [0.1, 0.15) is 57.7 Å². The van der Waals surface area contributed by atoms with Crippen LogP contribution in [0.2, 0.25) is 0 Å². The van der Waals surface area contributed by atoms with E-state index in [0.717, 1.165) is 38.2 Å². The summed E-state index contributed by atoms with van der Waals surface area (Å²) in [5.41, 5.74) is 0. The Morgan fingerprint density at radius 2 is 1.88 bits per heavy atom. The zero-order valence-corrected chi connectivity index (χ0v) is 15.8. The van der Waals surface area contributed by atoms with E-state index in [1.807, 2.05) is 23.9 Å². The molecule has 7 nitrogen and oxygen atoms in total. The number of amides is 1. The highest BCUT2D eigenvalue weighted by Gasteiger charge is 2.32. The van der Waals surface area contributed by atoms with Crippen molar-refractivity contribution in [2.45, 2.75) is 57.9 Å². The molecule has 7 heteroatoms. The molecule has 0 aromatic carbocycles. The van der Waals surface area contributed by atoms with Gasteiger partial charge in [0.25, 0.3) is 0 Å². The maximum atomic E-state index is 12.6. The Morgan fingerprint density at radius 1 is 1.16 bits per heavy atom. The maximum absolute atomic E-state index is 12.6. The molecule has 1 amide bonds. The lowest BCUT2D eigenvalue weighted by Crippen LogP contribution is -2.35. The topological polar surface area (TPSA) is 74.2 Å². The molecule has 1 atom stereocenters. The van der Waals surface area contributed by atoms with Gasteiger partial charge in [-0.15, -0.1) is 0 Å². The van der Waals surface area contributed by atoms with Crippen LogP contribution in [0.15, 0.2) is 0 Å². The van der Waals surface area contributed by atoms with E-state index >= 15 is 0 Å². The van der Waals surface area contributed by atoms with Crippen molar-refractivity contribution in [1.29, 1.82) is 0 Å². The molecule has 2 fully saturated rings. The third-order valence-electron chi connectivity index (χ3n) is 5.09. The SMILES string of the molecule is CC(C)c1nc(NC2CCN(C(=O)C3CCCC3)C2)nc(N(C)C)n1. The summed E-state index contributed by atoms with van der Waals surface area (Å²) in [6.07, 6.45) is 5.46. The first kappa shape index (κ1) is 17.9. The number of hydrogen-bond acceptors (Lipinski definition) is 6. The van der Waals surface area contributed by atoms with Gasteiger partial charge in [0.2, 0.25) is 17.8 Å². The Morgan fingerprint density at radius 3 is 2.52 bits per heavy atom. The molecule has 0 radical (unpaired) electrons. The summed E-state index contributed by atoms with van der Waals surface area (Å²) >= 11 is 0. The van der Waals surface area contributed by atoms with Crippen molar-refractivity contribution in [2.24, 2.45) is 5.92 Å². The van der Waals surface area contributed by atoms with E-state index in [2.05, 4.69) is 34.1 Å². The van der Waals surface area contributed by atoms with E-state index in [1.54, 1.807) is 0 Å². The predicted molar refractivity (Wildman–Crippen MR) is 98.8 cm³/mol. The second-order valence-electron chi connectivity index (χ2n) is 7.76. The van der Waals surface area contributed by atoms with Crippen LogP contribution in [0.3, 0.4) is 0 Å². The van der Waals surface area contributed by atoms with Crippen LogP contribution in [0.25, 0.3) is 0 Å². The van der Waals surface area contributed by atoms with Crippen LogP contribution < -0.4 is 10.2 Å². The normalized spacial score (nSPS) is 21.2.